The fourth-order valence-corrected chi connectivity index (χ4v) is 0.919. The maximum atomic E-state index is 11.7. The van der Waals surface area contributed by atoms with Gasteiger partial charge in [-0.1, -0.05) is 6.92 Å². The van der Waals surface area contributed by atoms with Crippen molar-refractivity contribution in [3.63, 3.8) is 0 Å². The molecule has 0 atom stereocenters. The van der Waals surface area contributed by atoms with Crippen LogP contribution in [-0.4, -0.2) is 20.5 Å². The third-order valence-electron chi connectivity index (χ3n) is 1.05. The van der Waals surface area contributed by atoms with E-state index in [0.717, 1.165) is 0 Å². The molecule has 7 heteroatoms. The fourth-order valence-electron chi connectivity index (χ4n) is 0.483. The Bertz CT molecular complexity index is 320. The first-order valence-electron chi connectivity index (χ1n) is 3.72. The van der Waals surface area contributed by atoms with Crippen LogP contribution in [-0.2, 0) is 14.3 Å². The van der Waals surface area contributed by atoms with Crippen molar-refractivity contribution in [2.24, 2.45) is 0 Å². The molecule has 0 aliphatic rings. The van der Waals surface area contributed by atoms with Crippen molar-refractivity contribution in [1.29, 1.82) is 0 Å². The molecule has 14 heavy (non-hydrogen) atoms. The highest BCUT2D eigenvalue weighted by atomic mass is 32.2. The lowest BCUT2D eigenvalue weighted by molar-refractivity contribution is -0.0540. The molecule has 0 aromatic heterocycles. The summed E-state index contributed by atoms with van der Waals surface area (Å²) in [5.74, 6) is 5.02. The lowest BCUT2D eigenvalue weighted by atomic mass is 10.4. The molecular formula is C7H9F3O3S. The summed E-state index contributed by atoms with van der Waals surface area (Å²) in [4.78, 5) is 0. The first kappa shape index (κ1) is 13.3. The highest BCUT2D eigenvalue weighted by Gasteiger charge is 2.47. The zero-order chi connectivity index (χ0) is 11.2. The molecule has 0 saturated heterocycles. The summed E-state index contributed by atoms with van der Waals surface area (Å²) in [7, 11) is -5.45. The Balaban J connectivity index is 4.03. The van der Waals surface area contributed by atoms with E-state index in [-0.39, 0.29) is 6.42 Å². The molecule has 0 spiro atoms. The van der Waals surface area contributed by atoms with Crippen molar-refractivity contribution >= 4 is 10.1 Å². The van der Waals surface area contributed by atoms with E-state index in [1.807, 2.05) is 0 Å². The first-order chi connectivity index (χ1) is 6.31. The van der Waals surface area contributed by atoms with E-state index in [9.17, 15) is 21.6 Å². The van der Waals surface area contributed by atoms with Gasteiger partial charge in [0.2, 0.25) is 0 Å². The summed E-state index contributed by atoms with van der Waals surface area (Å²) in [6, 6.07) is 0. The van der Waals surface area contributed by atoms with Crippen LogP contribution in [0.2, 0.25) is 0 Å². The molecule has 0 aliphatic heterocycles. The Hall–Kier alpha value is -0.740. The molecule has 0 fully saturated rings. The number of hydrogen-bond donors (Lipinski definition) is 0. The topological polar surface area (TPSA) is 43.4 Å². The van der Waals surface area contributed by atoms with E-state index >= 15 is 0 Å². The highest BCUT2D eigenvalue weighted by Crippen LogP contribution is 2.24. The van der Waals surface area contributed by atoms with Gasteiger partial charge in [-0.25, -0.2) is 0 Å². The molecule has 3 nitrogen and oxygen atoms in total. The van der Waals surface area contributed by atoms with Gasteiger partial charge in [-0.15, -0.1) is 11.8 Å². The molecule has 0 radical (unpaired) electrons. The van der Waals surface area contributed by atoms with Crippen molar-refractivity contribution < 1.29 is 25.8 Å². The van der Waals surface area contributed by atoms with Gasteiger partial charge in [-0.3, -0.25) is 4.18 Å². The second kappa shape index (κ2) is 5.22. The summed E-state index contributed by atoms with van der Waals surface area (Å²) in [6.07, 6.45) is 0.523. The maximum Gasteiger partial charge on any atom is 0.523 e. The van der Waals surface area contributed by atoms with Crippen LogP contribution in [0.3, 0.4) is 0 Å². The van der Waals surface area contributed by atoms with Gasteiger partial charge in [0.15, 0.2) is 0 Å². The summed E-state index contributed by atoms with van der Waals surface area (Å²) in [5, 5.41) is 0. The monoisotopic (exact) mass is 230 g/mol. The van der Waals surface area contributed by atoms with Gasteiger partial charge >= 0.3 is 15.6 Å². The zero-order valence-electron chi connectivity index (χ0n) is 7.39. The predicted molar refractivity (Wildman–Crippen MR) is 43.6 cm³/mol. The molecule has 82 valence electrons. The lowest BCUT2D eigenvalue weighted by Gasteiger charge is -2.06. The normalized spacial score (nSPS) is 12.0. The second-order valence-electron chi connectivity index (χ2n) is 2.18. The first-order valence-corrected chi connectivity index (χ1v) is 5.13. The standard InChI is InChI=1S/C7H9F3O3S/c1-2-3-4-5-6-13-14(11,12)7(8,9)10/h2,5-6H2,1H3. The zero-order valence-corrected chi connectivity index (χ0v) is 8.20. The molecule has 0 heterocycles. The van der Waals surface area contributed by atoms with Crippen LogP contribution in [0.5, 0.6) is 0 Å². The van der Waals surface area contributed by atoms with Gasteiger partial charge in [0, 0.05) is 12.8 Å². The minimum atomic E-state index is -5.45. The number of rotatable bonds is 3. The number of alkyl halides is 3. The molecule has 0 N–H and O–H groups in total. The summed E-state index contributed by atoms with van der Waals surface area (Å²) in [5.41, 5.74) is -5.36. The number of halogens is 3. The Morgan fingerprint density at radius 3 is 2.29 bits per heavy atom. The van der Waals surface area contributed by atoms with Gasteiger partial charge in [0.1, 0.15) is 0 Å². The van der Waals surface area contributed by atoms with Gasteiger partial charge < -0.3 is 0 Å². The Kier molecular flexibility index (Phi) is 4.94. The molecule has 0 unspecified atom stereocenters. The average molecular weight is 230 g/mol. The van der Waals surface area contributed by atoms with Gasteiger partial charge in [0.05, 0.1) is 6.61 Å². The number of hydrogen-bond acceptors (Lipinski definition) is 3. The lowest BCUT2D eigenvalue weighted by Crippen LogP contribution is -2.25. The van der Waals surface area contributed by atoms with Crippen molar-refractivity contribution in [1.82, 2.24) is 0 Å². The Morgan fingerprint density at radius 1 is 1.29 bits per heavy atom. The largest absolute Gasteiger partial charge is 0.523 e. The van der Waals surface area contributed by atoms with Crippen LogP contribution in [0, 0.1) is 11.8 Å². The second-order valence-corrected chi connectivity index (χ2v) is 3.79. The van der Waals surface area contributed by atoms with E-state index in [1.165, 1.54) is 0 Å². The van der Waals surface area contributed by atoms with Gasteiger partial charge in [0.25, 0.3) is 0 Å². The molecule has 0 aromatic rings. The van der Waals surface area contributed by atoms with Gasteiger partial charge in [-0.05, 0) is 0 Å². The summed E-state index contributed by atoms with van der Waals surface area (Å²) < 4.78 is 59.2. The van der Waals surface area contributed by atoms with E-state index in [1.54, 1.807) is 6.92 Å². The third-order valence-corrected chi connectivity index (χ3v) is 2.09. The molecule has 0 aromatic carbocycles. The van der Waals surface area contributed by atoms with E-state index < -0.39 is 22.2 Å². The minimum absolute atomic E-state index is 0.0385. The Labute approximate surface area is 80.4 Å². The molecule has 0 saturated carbocycles. The quantitative estimate of drug-likeness (QED) is 0.320. The van der Waals surface area contributed by atoms with Gasteiger partial charge in [-0.2, -0.15) is 21.6 Å². The molecule has 0 bridgehead atoms. The van der Waals surface area contributed by atoms with E-state index in [2.05, 4.69) is 16.0 Å². The van der Waals surface area contributed by atoms with Crippen molar-refractivity contribution in [2.45, 2.75) is 25.3 Å². The third kappa shape index (κ3) is 4.48. The SMILES string of the molecule is CCC#CCCOS(=O)(=O)C(F)(F)F. The summed E-state index contributed by atoms with van der Waals surface area (Å²) >= 11 is 0. The van der Waals surface area contributed by atoms with Crippen LogP contribution in [0.25, 0.3) is 0 Å². The van der Waals surface area contributed by atoms with E-state index in [0.29, 0.717) is 6.42 Å². The smallest absolute Gasteiger partial charge is 0.262 e. The molecule has 0 aliphatic carbocycles. The fraction of sp³-hybridized carbons (Fsp3) is 0.714. The maximum absolute atomic E-state index is 11.7. The van der Waals surface area contributed by atoms with Crippen molar-refractivity contribution in [3.8, 4) is 11.8 Å². The van der Waals surface area contributed by atoms with Crippen LogP contribution in [0.1, 0.15) is 19.8 Å². The predicted octanol–water partition coefficient (Wildman–Crippen LogP) is 1.66. The van der Waals surface area contributed by atoms with Crippen LogP contribution in [0.15, 0.2) is 0 Å². The molecule has 0 rings (SSSR count). The van der Waals surface area contributed by atoms with E-state index in [4.69, 9.17) is 0 Å². The average Bonchev–Trinajstić information content (AvgIpc) is 2.02. The van der Waals surface area contributed by atoms with Crippen LogP contribution < -0.4 is 0 Å². The van der Waals surface area contributed by atoms with Crippen LogP contribution in [0.4, 0.5) is 13.2 Å². The molecule has 0 amide bonds. The minimum Gasteiger partial charge on any atom is -0.262 e. The van der Waals surface area contributed by atoms with Crippen molar-refractivity contribution in [3.05, 3.63) is 0 Å². The molecular weight excluding hydrogens is 221 g/mol. The highest BCUT2D eigenvalue weighted by molar-refractivity contribution is 7.87. The van der Waals surface area contributed by atoms with Crippen molar-refractivity contribution in [2.75, 3.05) is 6.61 Å². The Morgan fingerprint density at radius 2 is 1.86 bits per heavy atom. The summed E-state index contributed by atoms with van der Waals surface area (Å²) in [6.45, 7) is 1.19. The van der Waals surface area contributed by atoms with Crippen LogP contribution >= 0.6 is 0 Å².